The third-order valence-electron chi connectivity index (χ3n) is 6.13. The molecule has 29 heavy (non-hydrogen) atoms. The minimum Gasteiger partial charge on any atom is -0.478 e. The number of carboxylic acids is 1. The van der Waals surface area contributed by atoms with Gasteiger partial charge in [0.15, 0.2) is 0 Å². The Morgan fingerprint density at radius 1 is 1.00 bits per heavy atom. The highest BCUT2D eigenvalue weighted by molar-refractivity contribution is 6.06. The summed E-state index contributed by atoms with van der Waals surface area (Å²) in [5.41, 5.74) is 10.9. The zero-order valence-corrected chi connectivity index (χ0v) is 16.9. The second-order valence-electron chi connectivity index (χ2n) is 7.95. The Kier molecular flexibility index (Phi) is 5.79. The molecule has 1 atom stereocenters. The van der Waals surface area contributed by atoms with E-state index in [1.807, 2.05) is 12.1 Å². The summed E-state index contributed by atoms with van der Waals surface area (Å²) in [5, 5.41) is 14.0. The van der Waals surface area contributed by atoms with E-state index in [1.165, 1.54) is 42.4 Å². The molecule has 1 fully saturated rings. The summed E-state index contributed by atoms with van der Waals surface area (Å²) in [6.45, 7) is 2.17. The Morgan fingerprint density at radius 2 is 1.69 bits per heavy atom. The standard InChI is InChI=1S/C25H28N2O2/c1-2-17-9-11-18(12-10-17)23-21-7-5-3-4-6-8-22(21)24(27-26-23)19-13-15-20(16-14-19)25(28)29/h9-16,22,26H,2-8H2,1H3,(H,28,29). The zero-order valence-electron chi connectivity index (χ0n) is 16.9. The van der Waals surface area contributed by atoms with E-state index in [9.17, 15) is 9.90 Å². The fraction of sp³-hybridized carbons (Fsp3) is 0.360. The molecular weight excluding hydrogens is 360 g/mol. The van der Waals surface area contributed by atoms with Gasteiger partial charge in [0.05, 0.1) is 17.0 Å². The summed E-state index contributed by atoms with van der Waals surface area (Å²) in [7, 11) is 0. The van der Waals surface area contributed by atoms with Crippen LogP contribution in [0.2, 0.25) is 0 Å². The van der Waals surface area contributed by atoms with Crippen molar-refractivity contribution >= 4 is 17.4 Å². The molecule has 2 aliphatic rings. The van der Waals surface area contributed by atoms with Crippen LogP contribution >= 0.6 is 0 Å². The van der Waals surface area contributed by atoms with Gasteiger partial charge in [0.1, 0.15) is 0 Å². The molecule has 4 nitrogen and oxygen atoms in total. The first kappa shape index (κ1) is 19.4. The zero-order chi connectivity index (χ0) is 20.2. The molecule has 0 amide bonds. The van der Waals surface area contributed by atoms with Crippen molar-refractivity contribution in [2.75, 3.05) is 0 Å². The Bertz CT molecular complexity index is 940. The molecule has 4 heteroatoms. The number of carboxylic acid groups (broad SMARTS) is 1. The molecule has 0 saturated heterocycles. The summed E-state index contributed by atoms with van der Waals surface area (Å²) in [4.78, 5) is 11.2. The van der Waals surface area contributed by atoms with Crippen LogP contribution in [0.1, 0.15) is 72.5 Å². The maximum absolute atomic E-state index is 11.2. The topological polar surface area (TPSA) is 61.7 Å². The van der Waals surface area contributed by atoms with Crippen LogP contribution in [-0.4, -0.2) is 16.8 Å². The first-order valence-electron chi connectivity index (χ1n) is 10.7. The van der Waals surface area contributed by atoms with Crippen LogP contribution in [0.15, 0.2) is 59.2 Å². The molecule has 0 bridgehead atoms. The van der Waals surface area contributed by atoms with Crippen molar-refractivity contribution in [2.45, 2.75) is 51.9 Å². The molecule has 150 valence electrons. The molecule has 0 aromatic heterocycles. The van der Waals surface area contributed by atoms with Gasteiger partial charge in [0.25, 0.3) is 0 Å². The highest BCUT2D eigenvalue weighted by atomic mass is 16.4. The molecule has 2 aromatic carbocycles. The smallest absolute Gasteiger partial charge is 0.335 e. The lowest BCUT2D eigenvalue weighted by Crippen LogP contribution is -2.29. The Labute approximate surface area is 172 Å². The number of nitrogens with one attached hydrogen (secondary N) is 1. The number of carbonyl (C=O) groups is 1. The Morgan fingerprint density at radius 3 is 2.38 bits per heavy atom. The average molecular weight is 389 g/mol. The lowest BCUT2D eigenvalue weighted by Gasteiger charge is -2.31. The normalized spacial score (nSPS) is 19.5. The van der Waals surface area contributed by atoms with Gasteiger partial charge in [-0.1, -0.05) is 62.6 Å². The SMILES string of the molecule is CCc1ccc(C2=C3CCCCCCC3C(c3ccc(C(=O)O)cc3)=NN2)cc1. The second kappa shape index (κ2) is 8.64. The number of benzene rings is 2. The largest absolute Gasteiger partial charge is 0.478 e. The number of hydrogen-bond acceptors (Lipinski definition) is 3. The molecule has 1 aliphatic heterocycles. The van der Waals surface area contributed by atoms with E-state index in [4.69, 9.17) is 5.10 Å². The summed E-state index contributed by atoms with van der Waals surface area (Å²) in [6, 6.07) is 15.9. The van der Waals surface area contributed by atoms with E-state index in [2.05, 4.69) is 36.6 Å². The first-order valence-corrected chi connectivity index (χ1v) is 10.7. The fourth-order valence-corrected chi connectivity index (χ4v) is 4.44. The van der Waals surface area contributed by atoms with E-state index in [-0.39, 0.29) is 5.92 Å². The van der Waals surface area contributed by atoms with Crippen molar-refractivity contribution in [3.05, 3.63) is 76.4 Å². The molecule has 1 heterocycles. The predicted molar refractivity (Wildman–Crippen MR) is 117 cm³/mol. The van der Waals surface area contributed by atoms with Crippen LogP contribution in [0.25, 0.3) is 5.70 Å². The van der Waals surface area contributed by atoms with Crippen LogP contribution in [0.4, 0.5) is 0 Å². The molecule has 0 spiro atoms. The molecule has 0 radical (unpaired) electrons. The minimum absolute atomic E-state index is 0.285. The Hall–Kier alpha value is -2.88. The second-order valence-corrected chi connectivity index (χ2v) is 7.95. The van der Waals surface area contributed by atoms with Crippen molar-refractivity contribution in [3.8, 4) is 0 Å². The number of allylic oxidation sites excluding steroid dienone is 1. The van der Waals surface area contributed by atoms with Crippen LogP contribution in [0.3, 0.4) is 0 Å². The highest BCUT2D eigenvalue weighted by Crippen LogP contribution is 2.37. The fourth-order valence-electron chi connectivity index (χ4n) is 4.44. The molecule has 1 aliphatic carbocycles. The number of fused-ring (bicyclic) bond motifs is 1. The number of hydrogen-bond donors (Lipinski definition) is 2. The monoisotopic (exact) mass is 388 g/mol. The van der Waals surface area contributed by atoms with Gasteiger partial charge >= 0.3 is 5.97 Å². The van der Waals surface area contributed by atoms with Crippen molar-refractivity contribution in [1.29, 1.82) is 0 Å². The molecule has 2 N–H and O–H groups in total. The van der Waals surface area contributed by atoms with Crippen molar-refractivity contribution in [3.63, 3.8) is 0 Å². The number of hydrazone groups is 1. The maximum atomic E-state index is 11.2. The first-order chi connectivity index (χ1) is 14.2. The van der Waals surface area contributed by atoms with Gasteiger partial charge in [0, 0.05) is 5.92 Å². The maximum Gasteiger partial charge on any atom is 0.335 e. The van der Waals surface area contributed by atoms with Crippen LogP contribution in [0.5, 0.6) is 0 Å². The number of aryl methyl sites for hydroxylation is 1. The molecular formula is C25H28N2O2. The van der Waals surface area contributed by atoms with Crippen LogP contribution in [0, 0.1) is 5.92 Å². The van der Waals surface area contributed by atoms with Gasteiger partial charge in [-0.3, -0.25) is 5.43 Å². The van der Waals surface area contributed by atoms with Crippen LogP contribution < -0.4 is 5.43 Å². The van der Waals surface area contributed by atoms with E-state index in [1.54, 1.807) is 12.1 Å². The third kappa shape index (κ3) is 4.12. The molecule has 1 unspecified atom stereocenters. The third-order valence-corrected chi connectivity index (χ3v) is 6.13. The Balaban J connectivity index is 1.71. The molecule has 1 saturated carbocycles. The van der Waals surface area contributed by atoms with Gasteiger partial charge in [-0.15, -0.1) is 0 Å². The van der Waals surface area contributed by atoms with Gasteiger partial charge in [0.2, 0.25) is 0 Å². The van der Waals surface area contributed by atoms with E-state index >= 15 is 0 Å². The van der Waals surface area contributed by atoms with Gasteiger partial charge in [-0.2, -0.15) is 5.10 Å². The molecule has 2 aromatic rings. The van der Waals surface area contributed by atoms with Gasteiger partial charge < -0.3 is 5.11 Å². The number of rotatable bonds is 4. The minimum atomic E-state index is -0.899. The van der Waals surface area contributed by atoms with Crippen molar-refractivity contribution in [1.82, 2.24) is 5.43 Å². The number of nitrogens with zero attached hydrogens (tertiary/aromatic N) is 1. The summed E-state index contributed by atoms with van der Waals surface area (Å²) in [6.07, 6.45) is 8.15. The summed E-state index contributed by atoms with van der Waals surface area (Å²) in [5.74, 6) is -0.613. The lowest BCUT2D eigenvalue weighted by molar-refractivity contribution is 0.0697. The van der Waals surface area contributed by atoms with Crippen molar-refractivity contribution in [2.24, 2.45) is 11.0 Å². The highest BCUT2D eigenvalue weighted by Gasteiger charge is 2.29. The van der Waals surface area contributed by atoms with E-state index in [0.717, 1.165) is 36.2 Å². The van der Waals surface area contributed by atoms with Gasteiger partial charge in [-0.05, 0) is 60.1 Å². The summed E-state index contributed by atoms with van der Waals surface area (Å²) < 4.78 is 0. The molecule has 4 rings (SSSR count). The quantitative estimate of drug-likeness (QED) is 0.713. The van der Waals surface area contributed by atoms with Crippen LogP contribution in [-0.2, 0) is 6.42 Å². The van der Waals surface area contributed by atoms with E-state index in [0.29, 0.717) is 5.56 Å². The summed E-state index contributed by atoms with van der Waals surface area (Å²) >= 11 is 0. The predicted octanol–water partition coefficient (Wildman–Crippen LogP) is 5.64. The van der Waals surface area contributed by atoms with Crippen molar-refractivity contribution < 1.29 is 9.90 Å². The lowest BCUT2D eigenvalue weighted by atomic mass is 9.78. The van der Waals surface area contributed by atoms with Gasteiger partial charge in [-0.25, -0.2) is 4.79 Å². The van der Waals surface area contributed by atoms with E-state index < -0.39 is 5.97 Å². The number of aromatic carboxylic acids is 1. The average Bonchev–Trinajstić information content (AvgIpc) is 2.73.